The Kier molecular flexibility index (Phi) is 9.38. The van der Waals surface area contributed by atoms with Gasteiger partial charge in [0, 0.05) is 42.1 Å². The molecule has 0 saturated heterocycles. The second-order valence-corrected chi connectivity index (χ2v) is 9.95. The van der Waals surface area contributed by atoms with Crippen LogP contribution in [0.3, 0.4) is 0 Å². The Labute approximate surface area is 184 Å². The summed E-state index contributed by atoms with van der Waals surface area (Å²) in [5, 5.41) is 3.50. The highest BCUT2D eigenvalue weighted by Crippen LogP contribution is 2.22. The van der Waals surface area contributed by atoms with Crippen LogP contribution in [-0.2, 0) is 20.6 Å². The molecule has 1 N–H and O–H groups in total. The number of benzene rings is 2. The second-order valence-electron chi connectivity index (χ2n) is 6.53. The molecule has 0 aliphatic heterocycles. The lowest BCUT2D eigenvalue weighted by atomic mass is 10.2. The predicted molar refractivity (Wildman–Crippen MR) is 118 cm³/mol. The van der Waals surface area contributed by atoms with Crippen molar-refractivity contribution in [2.75, 3.05) is 29.4 Å². The van der Waals surface area contributed by atoms with E-state index in [0.29, 0.717) is 17.3 Å². The van der Waals surface area contributed by atoms with E-state index in [1.807, 2.05) is 24.3 Å². The highest BCUT2D eigenvalue weighted by molar-refractivity contribution is 7.98. The maximum Gasteiger partial charge on any atom is 0.232 e. The smallest absolute Gasteiger partial charge is 0.232 e. The van der Waals surface area contributed by atoms with Crippen LogP contribution in [0.1, 0.15) is 18.4 Å². The van der Waals surface area contributed by atoms with Gasteiger partial charge in [0.05, 0.1) is 11.9 Å². The maximum absolute atomic E-state index is 13.4. The molecule has 2 aromatic rings. The first-order valence-electron chi connectivity index (χ1n) is 9.19. The van der Waals surface area contributed by atoms with Gasteiger partial charge in [-0.15, -0.1) is 0 Å². The molecule has 0 atom stereocenters. The lowest BCUT2D eigenvalue weighted by molar-refractivity contribution is -0.121. The molecule has 0 spiro atoms. The van der Waals surface area contributed by atoms with Crippen LogP contribution < -0.4 is 9.62 Å². The SMILES string of the molecule is CS(=O)(=O)N(CCCC(=O)NCCSCc1ccccc1Cl)c1ccc(F)c(F)c1. The molecule has 0 saturated carbocycles. The lowest BCUT2D eigenvalue weighted by Crippen LogP contribution is -2.32. The van der Waals surface area contributed by atoms with E-state index in [-0.39, 0.29) is 31.0 Å². The van der Waals surface area contributed by atoms with Crippen LogP contribution in [-0.4, -0.2) is 39.4 Å². The van der Waals surface area contributed by atoms with Crippen LogP contribution in [0.2, 0.25) is 5.02 Å². The summed E-state index contributed by atoms with van der Waals surface area (Å²) in [6.07, 6.45) is 1.33. The molecule has 30 heavy (non-hydrogen) atoms. The van der Waals surface area contributed by atoms with Gasteiger partial charge in [-0.1, -0.05) is 29.8 Å². The normalized spacial score (nSPS) is 11.3. The largest absolute Gasteiger partial charge is 0.355 e. The van der Waals surface area contributed by atoms with E-state index in [0.717, 1.165) is 34.0 Å². The van der Waals surface area contributed by atoms with Gasteiger partial charge >= 0.3 is 0 Å². The number of carbonyl (C=O) groups excluding carboxylic acids is 1. The van der Waals surface area contributed by atoms with E-state index in [2.05, 4.69) is 5.32 Å². The lowest BCUT2D eigenvalue weighted by Gasteiger charge is -2.22. The number of sulfonamides is 1. The summed E-state index contributed by atoms with van der Waals surface area (Å²) in [6, 6.07) is 10.5. The second kappa shape index (κ2) is 11.5. The van der Waals surface area contributed by atoms with Crippen molar-refractivity contribution in [1.82, 2.24) is 5.32 Å². The highest BCUT2D eigenvalue weighted by atomic mass is 35.5. The highest BCUT2D eigenvalue weighted by Gasteiger charge is 2.19. The molecule has 0 unspecified atom stereocenters. The molecule has 0 fully saturated rings. The first-order chi connectivity index (χ1) is 14.2. The number of amides is 1. The third-order valence-corrected chi connectivity index (χ3v) is 6.71. The van der Waals surface area contributed by atoms with Gasteiger partial charge in [0.2, 0.25) is 15.9 Å². The summed E-state index contributed by atoms with van der Waals surface area (Å²) >= 11 is 7.74. The zero-order valence-electron chi connectivity index (χ0n) is 16.4. The molecule has 0 aliphatic rings. The zero-order chi connectivity index (χ0) is 22.1. The zero-order valence-corrected chi connectivity index (χ0v) is 18.8. The number of nitrogens with zero attached hydrogens (tertiary/aromatic N) is 1. The van der Waals surface area contributed by atoms with E-state index < -0.39 is 21.7 Å². The fourth-order valence-electron chi connectivity index (χ4n) is 2.66. The molecule has 0 aliphatic carbocycles. The minimum atomic E-state index is -3.70. The van der Waals surface area contributed by atoms with Crippen molar-refractivity contribution in [1.29, 1.82) is 0 Å². The van der Waals surface area contributed by atoms with E-state index in [1.54, 1.807) is 11.8 Å². The molecule has 0 bridgehead atoms. The third kappa shape index (κ3) is 7.77. The number of nitrogens with one attached hydrogen (secondary N) is 1. The van der Waals surface area contributed by atoms with Gasteiger partial charge in [0.1, 0.15) is 0 Å². The Hall–Kier alpha value is -1.84. The van der Waals surface area contributed by atoms with Crippen LogP contribution in [0.15, 0.2) is 42.5 Å². The Morgan fingerprint density at radius 1 is 1.17 bits per heavy atom. The van der Waals surface area contributed by atoms with E-state index in [4.69, 9.17) is 11.6 Å². The van der Waals surface area contributed by atoms with E-state index >= 15 is 0 Å². The first kappa shape index (κ1) is 24.4. The van der Waals surface area contributed by atoms with Gasteiger partial charge in [0.15, 0.2) is 11.6 Å². The number of thioether (sulfide) groups is 1. The van der Waals surface area contributed by atoms with Crippen molar-refractivity contribution < 1.29 is 22.0 Å². The van der Waals surface area contributed by atoms with Gasteiger partial charge in [-0.25, -0.2) is 17.2 Å². The van der Waals surface area contributed by atoms with Gasteiger partial charge < -0.3 is 5.32 Å². The summed E-state index contributed by atoms with van der Waals surface area (Å²) in [5.41, 5.74) is 1.06. The molecule has 0 aromatic heterocycles. The monoisotopic (exact) mass is 476 g/mol. The van der Waals surface area contributed by atoms with Crippen molar-refractivity contribution in [3.63, 3.8) is 0 Å². The quantitative estimate of drug-likeness (QED) is 0.493. The maximum atomic E-state index is 13.4. The van der Waals surface area contributed by atoms with Gasteiger partial charge in [-0.3, -0.25) is 9.10 Å². The summed E-state index contributed by atoms with van der Waals surface area (Å²) in [7, 11) is -3.70. The summed E-state index contributed by atoms with van der Waals surface area (Å²) in [6.45, 7) is 0.464. The Morgan fingerprint density at radius 3 is 2.57 bits per heavy atom. The standard InChI is InChI=1S/C20H23ClF2N2O3S2/c1-30(27,28)25(16-8-9-18(22)19(23)13-16)11-4-7-20(26)24-10-12-29-14-15-5-2-3-6-17(15)21/h2-3,5-6,8-9,13H,4,7,10-12,14H2,1H3,(H,24,26). The number of hydrogen-bond acceptors (Lipinski definition) is 4. The van der Waals surface area contributed by atoms with Gasteiger partial charge in [0.25, 0.3) is 0 Å². The molecule has 0 radical (unpaired) electrons. The minimum Gasteiger partial charge on any atom is -0.355 e. The summed E-state index contributed by atoms with van der Waals surface area (Å²) in [4.78, 5) is 12.0. The fourth-order valence-corrected chi connectivity index (χ4v) is 4.76. The molecule has 0 heterocycles. The first-order valence-corrected chi connectivity index (χ1v) is 12.6. The number of hydrogen-bond donors (Lipinski definition) is 1. The third-order valence-electron chi connectivity index (χ3n) is 4.14. The Morgan fingerprint density at radius 2 is 1.90 bits per heavy atom. The van der Waals surface area contributed by atoms with E-state index in [1.165, 1.54) is 6.07 Å². The Bertz CT molecular complexity index is 974. The van der Waals surface area contributed by atoms with Gasteiger partial charge in [-0.2, -0.15) is 11.8 Å². The van der Waals surface area contributed by atoms with E-state index in [9.17, 15) is 22.0 Å². The minimum absolute atomic E-state index is 0.0153. The fraction of sp³-hybridized carbons (Fsp3) is 0.350. The van der Waals surface area contributed by atoms with Crippen molar-refractivity contribution >= 4 is 45.0 Å². The molecule has 164 valence electrons. The molecule has 5 nitrogen and oxygen atoms in total. The number of halogens is 3. The van der Waals surface area contributed by atoms with Crippen LogP contribution in [0.5, 0.6) is 0 Å². The van der Waals surface area contributed by atoms with Crippen LogP contribution in [0.4, 0.5) is 14.5 Å². The van der Waals surface area contributed by atoms with Crippen LogP contribution in [0, 0.1) is 11.6 Å². The predicted octanol–water partition coefficient (Wildman–Crippen LogP) is 4.21. The Balaban J connectivity index is 1.73. The summed E-state index contributed by atoms with van der Waals surface area (Å²) < 4.78 is 51.5. The molecular formula is C20H23ClF2N2O3S2. The topological polar surface area (TPSA) is 66.5 Å². The van der Waals surface area contributed by atoms with Crippen molar-refractivity contribution in [3.05, 3.63) is 64.7 Å². The van der Waals surface area contributed by atoms with Crippen molar-refractivity contribution in [3.8, 4) is 0 Å². The van der Waals surface area contributed by atoms with Crippen molar-refractivity contribution in [2.45, 2.75) is 18.6 Å². The summed E-state index contributed by atoms with van der Waals surface area (Å²) in [5.74, 6) is -0.937. The van der Waals surface area contributed by atoms with Crippen LogP contribution >= 0.6 is 23.4 Å². The molecule has 2 rings (SSSR count). The van der Waals surface area contributed by atoms with Crippen molar-refractivity contribution in [2.24, 2.45) is 0 Å². The molecule has 10 heteroatoms. The molecular weight excluding hydrogens is 454 g/mol. The average Bonchev–Trinajstić information content (AvgIpc) is 2.68. The number of carbonyl (C=O) groups is 1. The van der Waals surface area contributed by atoms with Gasteiger partial charge in [-0.05, 0) is 30.2 Å². The number of rotatable bonds is 11. The molecule has 2 aromatic carbocycles. The molecule has 1 amide bonds. The average molecular weight is 477 g/mol. The number of anilines is 1. The van der Waals surface area contributed by atoms with Crippen LogP contribution in [0.25, 0.3) is 0 Å².